The largest absolute Gasteiger partial charge is 1.00 e. The molecule has 0 saturated carbocycles. The smallest absolute Gasteiger partial charge is 0.269 e. The van der Waals surface area contributed by atoms with Gasteiger partial charge in [-0.05, 0) is 29.7 Å². The van der Waals surface area contributed by atoms with Crippen molar-refractivity contribution in [2.45, 2.75) is 6.42 Å². The molecule has 2 heterocycles. The number of halogens is 1. The van der Waals surface area contributed by atoms with Gasteiger partial charge in [0, 0.05) is 18.3 Å². The van der Waals surface area contributed by atoms with Gasteiger partial charge >= 0.3 is 0 Å². The van der Waals surface area contributed by atoms with E-state index in [1.807, 2.05) is 30.3 Å². The summed E-state index contributed by atoms with van der Waals surface area (Å²) in [7, 11) is 0. The summed E-state index contributed by atoms with van der Waals surface area (Å²) in [5.41, 5.74) is 2.37. The number of amides is 1. The van der Waals surface area contributed by atoms with Gasteiger partial charge in [0.05, 0.1) is 16.6 Å². The van der Waals surface area contributed by atoms with Crippen LogP contribution >= 0.6 is 0 Å². The number of hydrazone groups is 1. The molecule has 1 aliphatic rings. The van der Waals surface area contributed by atoms with Crippen LogP contribution in [0.5, 0.6) is 0 Å². The topological polar surface area (TPSA) is 88.7 Å². The minimum Gasteiger partial charge on any atom is -1.00 e. The van der Waals surface area contributed by atoms with Crippen molar-refractivity contribution in [1.29, 1.82) is 0 Å². The third kappa shape index (κ3) is 4.14. The van der Waals surface area contributed by atoms with Crippen LogP contribution in [0.25, 0.3) is 0 Å². The molecule has 0 fully saturated rings. The molecule has 0 spiro atoms. The molecule has 3 aromatic rings. The Hall–Kier alpha value is -3.58. The van der Waals surface area contributed by atoms with Gasteiger partial charge in [0.2, 0.25) is 0 Å². The highest BCUT2D eigenvalue weighted by molar-refractivity contribution is 6.21. The van der Waals surface area contributed by atoms with Gasteiger partial charge in [0.25, 0.3) is 11.6 Å². The highest BCUT2D eigenvalue weighted by Gasteiger charge is 2.37. The van der Waals surface area contributed by atoms with Crippen LogP contribution in [-0.4, -0.2) is 21.5 Å². The van der Waals surface area contributed by atoms with Crippen LogP contribution < -0.4 is 17.4 Å². The number of nitro groups is 1. The van der Waals surface area contributed by atoms with E-state index in [0.29, 0.717) is 18.0 Å². The van der Waals surface area contributed by atoms with Gasteiger partial charge in [-0.2, -0.15) is 10.1 Å². The summed E-state index contributed by atoms with van der Waals surface area (Å²) in [6.45, 7) is 0. The zero-order chi connectivity index (χ0) is 19.5. The Kier molecular flexibility index (Phi) is 5.99. The number of nitro benzene ring substituents is 1. The van der Waals surface area contributed by atoms with E-state index in [1.54, 1.807) is 36.5 Å². The predicted molar refractivity (Wildman–Crippen MR) is 105 cm³/mol. The standard InChI is InChI=1S/C21H16N4O3.ClH/c26-21-18(14-15-9-11-17(12-10-15)25(27)28)20(16-6-2-1-3-7-16)23-24(21)19-8-4-5-13-22-19;/h1-13,18H,14H2;1H/p-1. The molecule has 146 valence electrons. The average molecular weight is 408 g/mol. The third-order valence-corrected chi connectivity index (χ3v) is 4.57. The SMILES string of the molecule is O=C1C(Cc2ccc([N+](=O)[O-])cc2)C(c2ccccc2)=NN1c1ccccn1.[Cl-]. The lowest BCUT2D eigenvalue weighted by Gasteiger charge is -2.14. The first kappa shape index (κ1) is 20.2. The van der Waals surface area contributed by atoms with Crippen molar-refractivity contribution in [3.05, 3.63) is 100 Å². The summed E-state index contributed by atoms with van der Waals surface area (Å²) in [5.74, 6) is -0.200. The quantitative estimate of drug-likeness (QED) is 0.457. The second-order valence-corrected chi connectivity index (χ2v) is 6.37. The average Bonchev–Trinajstić information content (AvgIpc) is 3.06. The maximum Gasteiger partial charge on any atom is 0.269 e. The molecule has 0 bridgehead atoms. The monoisotopic (exact) mass is 407 g/mol. The number of rotatable bonds is 5. The molecule has 7 nitrogen and oxygen atoms in total. The number of benzene rings is 2. The van der Waals surface area contributed by atoms with Crippen molar-refractivity contribution in [1.82, 2.24) is 4.98 Å². The Morgan fingerprint density at radius 3 is 2.28 bits per heavy atom. The van der Waals surface area contributed by atoms with E-state index in [0.717, 1.165) is 11.1 Å². The molecule has 0 saturated heterocycles. The number of carbonyl (C=O) groups is 1. The molecule has 1 atom stereocenters. The number of anilines is 1. The maximum atomic E-state index is 13.1. The molecule has 1 aromatic heterocycles. The molecule has 1 amide bonds. The van der Waals surface area contributed by atoms with Crippen LogP contribution in [0.2, 0.25) is 0 Å². The van der Waals surface area contributed by atoms with Gasteiger partial charge in [0.15, 0.2) is 5.82 Å². The van der Waals surface area contributed by atoms with Gasteiger partial charge < -0.3 is 12.4 Å². The van der Waals surface area contributed by atoms with Crippen molar-refractivity contribution in [2.75, 3.05) is 5.01 Å². The zero-order valence-corrected chi connectivity index (χ0v) is 15.9. The second-order valence-electron chi connectivity index (χ2n) is 6.37. The first-order valence-corrected chi connectivity index (χ1v) is 8.76. The Morgan fingerprint density at radius 1 is 0.966 bits per heavy atom. The summed E-state index contributed by atoms with van der Waals surface area (Å²) < 4.78 is 0. The highest BCUT2D eigenvalue weighted by atomic mass is 35.5. The molecule has 0 N–H and O–H groups in total. The van der Waals surface area contributed by atoms with Crippen molar-refractivity contribution in [3.63, 3.8) is 0 Å². The van der Waals surface area contributed by atoms with Crippen molar-refractivity contribution in [2.24, 2.45) is 11.0 Å². The first-order chi connectivity index (χ1) is 13.6. The van der Waals surface area contributed by atoms with E-state index >= 15 is 0 Å². The number of non-ortho nitro benzene ring substituents is 1. The van der Waals surface area contributed by atoms with Crippen molar-refractivity contribution in [3.8, 4) is 0 Å². The van der Waals surface area contributed by atoms with E-state index < -0.39 is 10.8 Å². The summed E-state index contributed by atoms with van der Waals surface area (Å²) in [4.78, 5) is 27.8. The molecule has 1 aliphatic heterocycles. The van der Waals surface area contributed by atoms with Crippen molar-refractivity contribution >= 4 is 23.1 Å². The third-order valence-electron chi connectivity index (χ3n) is 4.57. The van der Waals surface area contributed by atoms with Crippen LogP contribution in [0, 0.1) is 16.0 Å². The molecule has 0 aliphatic carbocycles. The van der Waals surface area contributed by atoms with Gasteiger partial charge in [-0.25, -0.2) is 4.98 Å². The molecule has 0 radical (unpaired) electrons. The molecule has 8 heteroatoms. The number of pyridine rings is 1. The Labute approximate surface area is 173 Å². The summed E-state index contributed by atoms with van der Waals surface area (Å²) in [5, 5.41) is 16.8. The summed E-state index contributed by atoms with van der Waals surface area (Å²) in [6, 6.07) is 21.1. The van der Waals surface area contributed by atoms with Crippen LogP contribution in [0.4, 0.5) is 11.5 Å². The van der Waals surface area contributed by atoms with E-state index in [2.05, 4.69) is 10.1 Å². The lowest BCUT2D eigenvalue weighted by atomic mass is 9.90. The van der Waals surface area contributed by atoms with Crippen molar-refractivity contribution < 1.29 is 22.1 Å². The molecule has 29 heavy (non-hydrogen) atoms. The summed E-state index contributed by atoms with van der Waals surface area (Å²) in [6.07, 6.45) is 2.01. The van der Waals surface area contributed by atoms with Crippen LogP contribution in [0.15, 0.2) is 84.1 Å². The Bertz CT molecular complexity index is 1040. The first-order valence-electron chi connectivity index (χ1n) is 8.76. The van der Waals surface area contributed by atoms with E-state index in [-0.39, 0.29) is 24.0 Å². The number of nitrogens with zero attached hydrogens (tertiary/aromatic N) is 4. The number of hydrogen-bond acceptors (Lipinski definition) is 5. The second kappa shape index (κ2) is 8.62. The highest BCUT2D eigenvalue weighted by Crippen LogP contribution is 2.28. The van der Waals surface area contributed by atoms with E-state index in [4.69, 9.17) is 0 Å². The summed E-state index contributed by atoms with van der Waals surface area (Å²) >= 11 is 0. The Balaban J connectivity index is 0.00000240. The van der Waals surface area contributed by atoms with E-state index in [9.17, 15) is 14.9 Å². The molecular weight excluding hydrogens is 392 g/mol. The van der Waals surface area contributed by atoms with Gasteiger partial charge in [-0.1, -0.05) is 48.5 Å². The fraction of sp³-hybridized carbons (Fsp3) is 0.0952. The van der Waals surface area contributed by atoms with E-state index in [1.165, 1.54) is 17.1 Å². The maximum absolute atomic E-state index is 13.1. The zero-order valence-electron chi connectivity index (χ0n) is 15.2. The molecular formula is C21H16ClN4O3-. The molecule has 4 rings (SSSR count). The lowest BCUT2D eigenvalue weighted by molar-refractivity contribution is -0.384. The fourth-order valence-electron chi connectivity index (χ4n) is 3.18. The predicted octanol–water partition coefficient (Wildman–Crippen LogP) is 0.604. The van der Waals surface area contributed by atoms with Gasteiger partial charge in [-0.15, -0.1) is 0 Å². The fourth-order valence-corrected chi connectivity index (χ4v) is 3.18. The van der Waals surface area contributed by atoms with Gasteiger partial charge in [0.1, 0.15) is 0 Å². The minimum atomic E-state index is -0.495. The van der Waals surface area contributed by atoms with Crippen LogP contribution in [0.1, 0.15) is 11.1 Å². The normalized spacial score (nSPS) is 15.6. The number of carbonyl (C=O) groups excluding carboxylic acids is 1. The minimum absolute atomic E-state index is 0. The lowest BCUT2D eigenvalue weighted by Crippen LogP contribution is -3.00. The number of aromatic nitrogens is 1. The molecule has 1 unspecified atom stereocenters. The Morgan fingerprint density at radius 2 is 1.66 bits per heavy atom. The van der Waals surface area contributed by atoms with Crippen LogP contribution in [-0.2, 0) is 11.2 Å². The van der Waals surface area contributed by atoms with Crippen LogP contribution in [0.3, 0.4) is 0 Å². The van der Waals surface area contributed by atoms with Gasteiger partial charge in [-0.3, -0.25) is 14.9 Å². The molecule has 2 aromatic carbocycles. The number of hydrogen-bond donors (Lipinski definition) is 0.